The van der Waals surface area contributed by atoms with Crippen molar-refractivity contribution in [2.45, 2.75) is 19.8 Å². The zero-order chi connectivity index (χ0) is 12.4. The lowest BCUT2D eigenvalue weighted by atomic mass is 9.99. The summed E-state index contributed by atoms with van der Waals surface area (Å²) in [5, 5.41) is 9.73. The van der Waals surface area contributed by atoms with E-state index in [0.717, 1.165) is 24.0 Å². The Morgan fingerprint density at radius 1 is 1.53 bits per heavy atom. The number of likely N-dealkylation sites (tertiary alicyclic amines) is 1. The SMILES string of the molecule is C[C@H]1CCCN(C(=O)c2cc(Br)ccc2O)C1. The number of rotatable bonds is 1. The van der Waals surface area contributed by atoms with Crippen LogP contribution in [0.5, 0.6) is 5.75 Å². The molecule has 0 bridgehead atoms. The summed E-state index contributed by atoms with van der Waals surface area (Å²) in [6.45, 7) is 3.72. The third-order valence-electron chi connectivity index (χ3n) is 3.13. The second-order valence-electron chi connectivity index (χ2n) is 4.66. The highest BCUT2D eigenvalue weighted by atomic mass is 79.9. The number of carbonyl (C=O) groups excluding carboxylic acids is 1. The molecule has 1 aliphatic heterocycles. The van der Waals surface area contributed by atoms with Gasteiger partial charge in [-0.2, -0.15) is 0 Å². The van der Waals surface area contributed by atoms with E-state index in [1.54, 1.807) is 18.2 Å². The molecule has 0 spiro atoms. The molecule has 0 radical (unpaired) electrons. The number of phenols is 1. The van der Waals surface area contributed by atoms with E-state index < -0.39 is 0 Å². The maximum absolute atomic E-state index is 12.3. The summed E-state index contributed by atoms with van der Waals surface area (Å²) < 4.78 is 0.809. The average Bonchev–Trinajstić information content (AvgIpc) is 2.31. The number of nitrogens with zero attached hydrogens (tertiary/aromatic N) is 1. The summed E-state index contributed by atoms with van der Waals surface area (Å²) in [7, 11) is 0. The topological polar surface area (TPSA) is 40.5 Å². The van der Waals surface area contributed by atoms with E-state index in [2.05, 4.69) is 22.9 Å². The zero-order valence-corrected chi connectivity index (χ0v) is 11.4. The largest absolute Gasteiger partial charge is 0.507 e. The highest BCUT2D eigenvalue weighted by Crippen LogP contribution is 2.25. The van der Waals surface area contributed by atoms with Crippen molar-refractivity contribution < 1.29 is 9.90 Å². The molecule has 4 heteroatoms. The van der Waals surface area contributed by atoms with Crippen molar-refractivity contribution in [1.29, 1.82) is 0 Å². The van der Waals surface area contributed by atoms with Gasteiger partial charge in [0.25, 0.3) is 5.91 Å². The molecule has 17 heavy (non-hydrogen) atoms. The molecule has 1 saturated heterocycles. The van der Waals surface area contributed by atoms with Crippen LogP contribution >= 0.6 is 15.9 Å². The molecule has 0 aromatic heterocycles. The van der Waals surface area contributed by atoms with Gasteiger partial charge in [-0.25, -0.2) is 0 Å². The van der Waals surface area contributed by atoms with Gasteiger partial charge >= 0.3 is 0 Å². The van der Waals surface area contributed by atoms with Crippen LogP contribution in [0.25, 0.3) is 0 Å². The van der Waals surface area contributed by atoms with Crippen molar-refractivity contribution in [3.63, 3.8) is 0 Å². The second-order valence-corrected chi connectivity index (χ2v) is 5.58. The Labute approximate surface area is 110 Å². The minimum Gasteiger partial charge on any atom is -0.507 e. The maximum Gasteiger partial charge on any atom is 0.257 e. The molecule has 1 aromatic carbocycles. The van der Waals surface area contributed by atoms with Crippen molar-refractivity contribution >= 4 is 21.8 Å². The predicted molar refractivity (Wildman–Crippen MR) is 70.1 cm³/mol. The smallest absolute Gasteiger partial charge is 0.257 e. The van der Waals surface area contributed by atoms with E-state index in [1.807, 2.05) is 4.90 Å². The fourth-order valence-corrected chi connectivity index (χ4v) is 2.58. The van der Waals surface area contributed by atoms with Crippen LogP contribution < -0.4 is 0 Å². The van der Waals surface area contributed by atoms with Crippen LogP contribution in [0.3, 0.4) is 0 Å². The molecule has 2 rings (SSSR count). The molecule has 1 atom stereocenters. The first-order valence-corrected chi connectivity index (χ1v) is 6.65. The van der Waals surface area contributed by atoms with E-state index in [1.165, 1.54) is 6.42 Å². The molecule has 0 unspecified atom stereocenters. The van der Waals surface area contributed by atoms with Gasteiger partial charge in [0.1, 0.15) is 5.75 Å². The monoisotopic (exact) mass is 297 g/mol. The molecule has 1 amide bonds. The van der Waals surface area contributed by atoms with Gasteiger partial charge in [0.05, 0.1) is 5.56 Å². The average molecular weight is 298 g/mol. The number of hydrogen-bond donors (Lipinski definition) is 1. The number of benzene rings is 1. The van der Waals surface area contributed by atoms with E-state index in [0.29, 0.717) is 11.5 Å². The lowest BCUT2D eigenvalue weighted by Crippen LogP contribution is -2.39. The van der Waals surface area contributed by atoms with Crippen LogP contribution in [0.2, 0.25) is 0 Å². The Bertz CT molecular complexity index is 433. The van der Waals surface area contributed by atoms with Gasteiger partial charge in [0, 0.05) is 17.6 Å². The lowest BCUT2D eigenvalue weighted by Gasteiger charge is -2.31. The molecule has 1 aromatic rings. The summed E-state index contributed by atoms with van der Waals surface area (Å²) in [5.41, 5.74) is 0.383. The van der Waals surface area contributed by atoms with E-state index >= 15 is 0 Å². The number of carbonyl (C=O) groups is 1. The third-order valence-corrected chi connectivity index (χ3v) is 3.63. The standard InChI is InChI=1S/C13H16BrNO2/c1-9-3-2-6-15(8-9)13(17)11-7-10(14)4-5-12(11)16/h4-5,7,9,16H,2-3,6,8H2,1H3/t9-/m0/s1. The van der Waals surface area contributed by atoms with Crippen molar-refractivity contribution in [3.8, 4) is 5.75 Å². The first kappa shape index (κ1) is 12.4. The summed E-state index contributed by atoms with van der Waals surface area (Å²) in [5.74, 6) is 0.522. The zero-order valence-electron chi connectivity index (χ0n) is 9.82. The Hall–Kier alpha value is -1.03. The van der Waals surface area contributed by atoms with Gasteiger partial charge in [-0.1, -0.05) is 22.9 Å². The van der Waals surface area contributed by atoms with Crippen LogP contribution in [-0.2, 0) is 0 Å². The van der Waals surface area contributed by atoms with Crippen molar-refractivity contribution in [1.82, 2.24) is 4.90 Å². The Morgan fingerprint density at radius 2 is 2.29 bits per heavy atom. The number of amides is 1. The van der Waals surface area contributed by atoms with Crippen molar-refractivity contribution in [2.75, 3.05) is 13.1 Å². The summed E-state index contributed by atoms with van der Waals surface area (Å²) in [6, 6.07) is 4.95. The van der Waals surface area contributed by atoms with E-state index in [9.17, 15) is 9.90 Å². The first-order chi connectivity index (χ1) is 8.08. The minimum absolute atomic E-state index is 0.0522. The Balaban J connectivity index is 2.21. The van der Waals surface area contributed by atoms with Gasteiger partial charge in [-0.05, 0) is 37.0 Å². The molecule has 1 heterocycles. The Morgan fingerprint density at radius 3 is 3.00 bits per heavy atom. The van der Waals surface area contributed by atoms with E-state index in [-0.39, 0.29) is 11.7 Å². The number of phenolic OH excluding ortho intramolecular Hbond substituents is 1. The fraction of sp³-hybridized carbons (Fsp3) is 0.462. The summed E-state index contributed by atoms with van der Waals surface area (Å²) in [4.78, 5) is 14.1. The third kappa shape index (κ3) is 2.80. The molecular weight excluding hydrogens is 282 g/mol. The van der Waals surface area contributed by atoms with Crippen molar-refractivity contribution in [2.24, 2.45) is 5.92 Å². The highest BCUT2D eigenvalue weighted by molar-refractivity contribution is 9.10. The summed E-state index contributed by atoms with van der Waals surface area (Å²) in [6.07, 6.45) is 2.22. The lowest BCUT2D eigenvalue weighted by molar-refractivity contribution is 0.0680. The quantitative estimate of drug-likeness (QED) is 0.865. The maximum atomic E-state index is 12.3. The highest BCUT2D eigenvalue weighted by Gasteiger charge is 2.23. The van der Waals surface area contributed by atoms with Gasteiger partial charge in [0.2, 0.25) is 0 Å². The number of hydrogen-bond acceptors (Lipinski definition) is 2. The normalized spacial score (nSPS) is 20.4. The van der Waals surface area contributed by atoms with Crippen LogP contribution in [0, 0.1) is 5.92 Å². The van der Waals surface area contributed by atoms with Gasteiger partial charge in [-0.15, -0.1) is 0 Å². The minimum atomic E-state index is -0.0737. The van der Waals surface area contributed by atoms with Crippen LogP contribution in [-0.4, -0.2) is 29.0 Å². The molecular formula is C13H16BrNO2. The number of halogens is 1. The molecule has 3 nitrogen and oxygen atoms in total. The molecule has 1 fully saturated rings. The summed E-state index contributed by atoms with van der Waals surface area (Å²) >= 11 is 3.32. The molecule has 0 aliphatic carbocycles. The Kier molecular flexibility index (Phi) is 3.72. The van der Waals surface area contributed by atoms with Gasteiger partial charge < -0.3 is 10.0 Å². The number of piperidine rings is 1. The molecule has 1 aliphatic rings. The van der Waals surface area contributed by atoms with Gasteiger partial charge in [0.15, 0.2) is 0 Å². The fourth-order valence-electron chi connectivity index (χ4n) is 2.22. The molecule has 92 valence electrons. The van der Waals surface area contributed by atoms with Crippen LogP contribution in [0.1, 0.15) is 30.1 Å². The van der Waals surface area contributed by atoms with Crippen LogP contribution in [0.4, 0.5) is 0 Å². The first-order valence-electron chi connectivity index (χ1n) is 5.85. The number of aromatic hydroxyl groups is 1. The van der Waals surface area contributed by atoms with Gasteiger partial charge in [-0.3, -0.25) is 4.79 Å². The van der Waals surface area contributed by atoms with Crippen LogP contribution in [0.15, 0.2) is 22.7 Å². The molecule has 0 saturated carbocycles. The van der Waals surface area contributed by atoms with E-state index in [4.69, 9.17) is 0 Å². The van der Waals surface area contributed by atoms with Crippen molar-refractivity contribution in [3.05, 3.63) is 28.2 Å². The molecule has 1 N–H and O–H groups in total. The predicted octanol–water partition coefficient (Wildman–Crippen LogP) is 3.03. The second kappa shape index (κ2) is 5.08.